The van der Waals surface area contributed by atoms with Gasteiger partial charge in [0.25, 0.3) is 0 Å². The van der Waals surface area contributed by atoms with Crippen molar-refractivity contribution >= 4 is 17.7 Å². The normalized spacial score (nSPS) is 11.8. The van der Waals surface area contributed by atoms with E-state index in [9.17, 15) is 14.4 Å². The fourth-order valence-corrected chi connectivity index (χ4v) is 3.06. The van der Waals surface area contributed by atoms with Gasteiger partial charge in [-0.25, -0.2) is 4.79 Å². The van der Waals surface area contributed by atoms with Gasteiger partial charge in [0.05, 0.1) is 13.2 Å². The van der Waals surface area contributed by atoms with Crippen molar-refractivity contribution in [3.63, 3.8) is 0 Å². The number of carbonyl (C=O) groups excluding carboxylic acids is 3. The van der Waals surface area contributed by atoms with Gasteiger partial charge in [-0.05, 0) is 33.3 Å². The van der Waals surface area contributed by atoms with Crippen LogP contribution in [-0.4, -0.2) is 46.8 Å². The summed E-state index contributed by atoms with van der Waals surface area (Å²) in [6, 6.07) is -0.642. The molecule has 1 heterocycles. The van der Waals surface area contributed by atoms with Crippen LogP contribution in [0.5, 0.6) is 0 Å². The summed E-state index contributed by atoms with van der Waals surface area (Å²) in [7, 11) is 1.32. The van der Waals surface area contributed by atoms with Gasteiger partial charge >= 0.3 is 5.97 Å². The first-order chi connectivity index (χ1) is 11.2. The van der Waals surface area contributed by atoms with Crippen LogP contribution in [0.3, 0.4) is 0 Å². The number of amides is 1. The van der Waals surface area contributed by atoms with Crippen molar-refractivity contribution in [2.75, 3.05) is 13.7 Å². The first-order valence-corrected chi connectivity index (χ1v) is 7.93. The first-order valence-electron chi connectivity index (χ1n) is 7.93. The fourth-order valence-electron chi connectivity index (χ4n) is 3.06. The van der Waals surface area contributed by atoms with Gasteiger partial charge < -0.3 is 14.2 Å². The maximum absolute atomic E-state index is 13.0. The molecule has 24 heavy (non-hydrogen) atoms. The number of ketones is 1. The molecule has 0 radical (unpaired) electrons. The summed E-state index contributed by atoms with van der Waals surface area (Å²) >= 11 is 0. The fraction of sp³-hybridized carbons (Fsp3) is 0.500. The van der Waals surface area contributed by atoms with Crippen molar-refractivity contribution < 1.29 is 19.1 Å². The van der Waals surface area contributed by atoms with E-state index < -0.39 is 12.0 Å². The summed E-state index contributed by atoms with van der Waals surface area (Å²) in [5, 5.41) is 0. The lowest BCUT2D eigenvalue weighted by Gasteiger charge is -2.26. The molecule has 0 spiro atoms. The smallest absolute Gasteiger partial charge is 0.354 e. The van der Waals surface area contributed by atoms with Crippen LogP contribution in [0, 0.1) is 13.8 Å². The lowest BCUT2D eigenvalue weighted by molar-refractivity contribution is -0.129. The molecule has 0 bridgehead atoms. The highest BCUT2D eigenvalue weighted by Gasteiger charge is 2.31. The largest absolute Gasteiger partial charge is 0.464 e. The van der Waals surface area contributed by atoms with Crippen LogP contribution in [-0.2, 0) is 16.1 Å². The van der Waals surface area contributed by atoms with E-state index in [1.54, 1.807) is 31.4 Å². The molecule has 1 rings (SSSR count). The SMILES string of the molecule is C=CCN(C(C)=O)[C@@H](C)C(=O)c1c(C)c(C(=O)OC)n(CC)c1C. The molecular formula is C18H26N2O4. The summed E-state index contributed by atoms with van der Waals surface area (Å²) < 4.78 is 6.61. The van der Waals surface area contributed by atoms with E-state index in [-0.39, 0.29) is 11.7 Å². The van der Waals surface area contributed by atoms with E-state index in [1.807, 2.05) is 6.92 Å². The monoisotopic (exact) mass is 334 g/mol. The number of aromatic nitrogens is 1. The molecule has 1 amide bonds. The van der Waals surface area contributed by atoms with E-state index >= 15 is 0 Å². The number of Topliss-reactive ketones (excluding diaryl/α,β-unsaturated/α-hetero) is 1. The minimum Gasteiger partial charge on any atom is -0.464 e. The molecule has 6 nitrogen and oxygen atoms in total. The van der Waals surface area contributed by atoms with Crippen molar-refractivity contribution in [1.82, 2.24) is 9.47 Å². The summed E-state index contributed by atoms with van der Waals surface area (Å²) in [4.78, 5) is 38.4. The molecule has 0 saturated carbocycles. The van der Waals surface area contributed by atoms with Crippen molar-refractivity contribution in [3.8, 4) is 0 Å². The van der Waals surface area contributed by atoms with Gasteiger partial charge in [-0.15, -0.1) is 6.58 Å². The molecule has 0 aromatic carbocycles. The average Bonchev–Trinajstić information content (AvgIpc) is 2.80. The number of carbonyl (C=O) groups is 3. The Hall–Kier alpha value is -2.37. The van der Waals surface area contributed by atoms with Crippen LogP contribution in [0.2, 0.25) is 0 Å². The number of nitrogens with zero attached hydrogens (tertiary/aromatic N) is 2. The van der Waals surface area contributed by atoms with Gasteiger partial charge in [0.1, 0.15) is 5.69 Å². The highest BCUT2D eigenvalue weighted by molar-refractivity contribution is 6.06. The molecule has 0 aliphatic rings. The zero-order valence-corrected chi connectivity index (χ0v) is 15.3. The maximum Gasteiger partial charge on any atom is 0.354 e. The second-order valence-electron chi connectivity index (χ2n) is 5.67. The molecule has 0 saturated heterocycles. The van der Waals surface area contributed by atoms with E-state index in [4.69, 9.17) is 4.74 Å². The quantitative estimate of drug-likeness (QED) is 0.436. The molecule has 0 aliphatic heterocycles. The van der Waals surface area contributed by atoms with Crippen LogP contribution in [0.15, 0.2) is 12.7 Å². The van der Waals surface area contributed by atoms with Gasteiger partial charge in [0.2, 0.25) is 5.91 Å². The molecule has 1 aromatic heterocycles. The third-order valence-electron chi connectivity index (χ3n) is 4.29. The summed E-state index contributed by atoms with van der Waals surface area (Å²) in [6.07, 6.45) is 1.59. The third-order valence-corrected chi connectivity index (χ3v) is 4.29. The highest BCUT2D eigenvalue weighted by Crippen LogP contribution is 2.25. The van der Waals surface area contributed by atoms with Crippen LogP contribution in [0.1, 0.15) is 52.9 Å². The second kappa shape index (κ2) is 7.95. The van der Waals surface area contributed by atoms with Crippen LogP contribution in [0.25, 0.3) is 0 Å². The van der Waals surface area contributed by atoms with Crippen molar-refractivity contribution in [2.24, 2.45) is 0 Å². The molecular weight excluding hydrogens is 308 g/mol. The molecule has 1 aromatic rings. The zero-order chi connectivity index (χ0) is 18.6. The van der Waals surface area contributed by atoms with E-state index in [0.29, 0.717) is 35.6 Å². The standard InChI is InChI=1S/C18H26N2O4/c1-8-10-20(14(6)21)13(5)17(22)15-11(3)16(18(23)24-7)19(9-2)12(15)4/h8,13H,1,9-10H2,2-7H3/t13-/m0/s1. The van der Waals surface area contributed by atoms with Crippen molar-refractivity contribution in [1.29, 1.82) is 0 Å². The number of hydrogen-bond donors (Lipinski definition) is 0. The van der Waals surface area contributed by atoms with Gasteiger partial charge in [0, 0.05) is 31.3 Å². The predicted octanol–water partition coefficient (Wildman–Crippen LogP) is 2.52. The van der Waals surface area contributed by atoms with E-state index in [1.165, 1.54) is 18.9 Å². The average molecular weight is 334 g/mol. The van der Waals surface area contributed by atoms with E-state index in [2.05, 4.69) is 6.58 Å². The molecule has 6 heteroatoms. The minimum absolute atomic E-state index is 0.195. The summed E-state index contributed by atoms with van der Waals surface area (Å²) in [5.74, 6) is -0.868. The van der Waals surface area contributed by atoms with Gasteiger partial charge in [0.15, 0.2) is 5.78 Å². The minimum atomic E-state index is -0.642. The molecule has 1 atom stereocenters. The number of rotatable bonds is 7. The predicted molar refractivity (Wildman–Crippen MR) is 92.3 cm³/mol. The first kappa shape index (κ1) is 19.7. The molecule has 0 N–H and O–H groups in total. The van der Waals surface area contributed by atoms with Gasteiger partial charge in [-0.2, -0.15) is 0 Å². The number of ether oxygens (including phenoxy) is 1. The van der Waals surface area contributed by atoms with Crippen LogP contribution < -0.4 is 0 Å². The van der Waals surface area contributed by atoms with E-state index in [0.717, 1.165) is 0 Å². The zero-order valence-electron chi connectivity index (χ0n) is 15.3. The Morgan fingerprint density at radius 1 is 1.33 bits per heavy atom. The Morgan fingerprint density at radius 3 is 2.33 bits per heavy atom. The molecule has 0 fully saturated rings. The van der Waals surface area contributed by atoms with Gasteiger partial charge in [-0.1, -0.05) is 6.08 Å². The summed E-state index contributed by atoms with van der Waals surface area (Å²) in [5.41, 5.74) is 2.14. The number of methoxy groups -OCH3 is 1. The molecule has 132 valence electrons. The topological polar surface area (TPSA) is 68.6 Å². The number of esters is 1. The van der Waals surface area contributed by atoms with Gasteiger partial charge in [-0.3, -0.25) is 9.59 Å². The summed E-state index contributed by atoms with van der Waals surface area (Å²) in [6.45, 7) is 13.0. The van der Waals surface area contributed by atoms with Crippen molar-refractivity contribution in [3.05, 3.63) is 35.2 Å². The molecule has 0 unspecified atom stereocenters. The Kier molecular flexibility index (Phi) is 6.51. The van der Waals surface area contributed by atoms with Crippen LogP contribution >= 0.6 is 0 Å². The van der Waals surface area contributed by atoms with Crippen molar-refractivity contribution in [2.45, 2.75) is 47.2 Å². The Labute approximate surface area is 143 Å². The second-order valence-corrected chi connectivity index (χ2v) is 5.67. The maximum atomic E-state index is 13.0. The lowest BCUT2D eigenvalue weighted by Crippen LogP contribution is -2.42. The van der Waals surface area contributed by atoms with Crippen LogP contribution in [0.4, 0.5) is 0 Å². The molecule has 0 aliphatic carbocycles. The lowest BCUT2D eigenvalue weighted by atomic mass is 10.00. The Bertz CT molecular complexity index is 673. The number of hydrogen-bond acceptors (Lipinski definition) is 4. The third kappa shape index (κ3) is 3.42. The Balaban J connectivity index is 3.43. The highest BCUT2D eigenvalue weighted by atomic mass is 16.5. The Morgan fingerprint density at radius 2 is 1.92 bits per heavy atom.